The summed E-state index contributed by atoms with van der Waals surface area (Å²) in [5.74, 6) is -2.95. The molecule has 2 aromatic rings. The molecule has 3 rings (SSSR count). The number of β-amino-alcohol motifs (C(OH)–C–C–N with tert-alkyl or cyclic N) is 1. The number of hydrogen-bond acceptors (Lipinski definition) is 6. The van der Waals surface area contributed by atoms with Crippen LogP contribution >= 0.6 is 0 Å². The first kappa shape index (κ1) is 24.5. The van der Waals surface area contributed by atoms with Crippen molar-refractivity contribution in [2.75, 3.05) is 45.6 Å². The van der Waals surface area contributed by atoms with E-state index in [4.69, 9.17) is 0 Å². The highest BCUT2D eigenvalue weighted by atomic mass is 19.2. The Morgan fingerprint density at radius 2 is 1.81 bits per heavy atom. The van der Waals surface area contributed by atoms with Crippen molar-refractivity contribution in [2.24, 2.45) is 0 Å². The number of aliphatic hydroxyl groups is 2. The molecular weight excluding hydrogens is 421 g/mol. The zero-order chi connectivity index (χ0) is 23.6. The molecule has 1 fully saturated rings. The molecule has 6 nitrogen and oxygen atoms in total. The molecule has 9 heteroatoms. The first-order valence-electron chi connectivity index (χ1n) is 10.5. The summed E-state index contributed by atoms with van der Waals surface area (Å²) in [6.07, 6.45) is -1.31. The molecule has 2 atom stereocenters. The van der Waals surface area contributed by atoms with Gasteiger partial charge >= 0.3 is 0 Å². The van der Waals surface area contributed by atoms with E-state index < -0.39 is 29.3 Å². The summed E-state index contributed by atoms with van der Waals surface area (Å²) < 4.78 is 42.8. The minimum atomic E-state index is -1.31. The van der Waals surface area contributed by atoms with Crippen LogP contribution in [0.4, 0.5) is 24.5 Å². The third-order valence-corrected chi connectivity index (χ3v) is 5.55. The van der Waals surface area contributed by atoms with Crippen molar-refractivity contribution in [1.82, 2.24) is 15.1 Å². The smallest absolute Gasteiger partial charge is 0.182 e. The van der Waals surface area contributed by atoms with Gasteiger partial charge < -0.3 is 25.7 Å². The molecule has 1 aliphatic heterocycles. The lowest BCUT2D eigenvalue weighted by Crippen LogP contribution is -2.67. The lowest BCUT2D eigenvalue weighted by Gasteiger charge is -2.49. The van der Waals surface area contributed by atoms with E-state index in [1.54, 1.807) is 17.9 Å². The SMILES string of the molecule is Cc1ccc(Nc2c(C(O)N3CC(O)(CNC(C)CN(C)C)C3)ccc(F)c2F)c(F)c1. The van der Waals surface area contributed by atoms with Gasteiger partial charge in [-0.1, -0.05) is 6.07 Å². The van der Waals surface area contributed by atoms with Crippen molar-refractivity contribution in [2.45, 2.75) is 31.7 Å². The van der Waals surface area contributed by atoms with Crippen molar-refractivity contribution in [3.8, 4) is 0 Å². The van der Waals surface area contributed by atoms with E-state index in [0.717, 1.165) is 12.6 Å². The lowest BCUT2D eigenvalue weighted by atomic mass is 9.92. The normalized spacial score (nSPS) is 17.8. The summed E-state index contributed by atoms with van der Waals surface area (Å²) in [5.41, 5.74) is -0.682. The molecule has 32 heavy (non-hydrogen) atoms. The third kappa shape index (κ3) is 5.60. The molecule has 2 aromatic carbocycles. The molecule has 1 saturated heterocycles. The van der Waals surface area contributed by atoms with Gasteiger partial charge in [0.2, 0.25) is 0 Å². The zero-order valence-corrected chi connectivity index (χ0v) is 18.8. The van der Waals surface area contributed by atoms with Gasteiger partial charge in [-0.3, -0.25) is 4.90 Å². The van der Waals surface area contributed by atoms with E-state index in [1.165, 1.54) is 18.2 Å². The largest absolute Gasteiger partial charge is 0.386 e. The number of aliphatic hydroxyl groups excluding tert-OH is 1. The van der Waals surface area contributed by atoms with Crippen LogP contribution in [0.1, 0.15) is 24.3 Å². The minimum absolute atomic E-state index is 0.0345. The predicted octanol–water partition coefficient (Wildman–Crippen LogP) is 2.73. The highest BCUT2D eigenvalue weighted by molar-refractivity contribution is 5.65. The molecule has 0 radical (unpaired) electrons. The van der Waals surface area contributed by atoms with Crippen LogP contribution in [0.2, 0.25) is 0 Å². The van der Waals surface area contributed by atoms with Gasteiger partial charge in [0, 0.05) is 37.8 Å². The van der Waals surface area contributed by atoms with Crippen LogP contribution in [-0.2, 0) is 0 Å². The van der Waals surface area contributed by atoms with Gasteiger partial charge in [0.05, 0.1) is 11.4 Å². The van der Waals surface area contributed by atoms with Gasteiger partial charge in [-0.25, -0.2) is 13.2 Å². The highest BCUT2D eigenvalue weighted by Gasteiger charge is 2.44. The standard InChI is InChI=1S/C23H31F3N4O2/c1-14-5-8-19(18(25)9-14)28-21-16(6-7-17(24)20(21)26)22(31)30-12-23(32,13-30)11-27-15(2)10-29(3)4/h5-9,15,22,27-28,31-32H,10-13H2,1-4H3. The number of nitrogens with one attached hydrogen (secondary N) is 2. The Labute approximate surface area is 186 Å². The highest BCUT2D eigenvalue weighted by Crippen LogP contribution is 2.36. The van der Waals surface area contributed by atoms with Crippen LogP contribution in [0.25, 0.3) is 0 Å². The van der Waals surface area contributed by atoms with Crippen LogP contribution < -0.4 is 10.6 Å². The Balaban J connectivity index is 1.72. The Hall–Kier alpha value is -2.17. The average molecular weight is 453 g/mol. The second-order valence-corrected chi connectivity index (χ2v) is 8.98. The van der Waals surface area contributed by atoms with Crippen molar-refractivity contribution in [3.63, 3.8) is 0 Å². The number of halogens is 3. The van der Waals surface area contributed by atoms with Gasteiger partial charge in [-0.05, 0) is 57.8 Å². The second-order valence-electron chi connectivity index (χ2n) is 8.98. The summed E-state index contributed by atoms with van der Waals surface area (Å²) in [6.45, 7) is 5.16. The topological polar surface area (TPSA) is 71.0 Å². The average Bonchev–Trinajstić information content (AvgIpc) is 2.68. The fourth-order valence-corrected chi connectivity index (χ4v) is 3.93. The van der Waals surface area contributed by atoms with E-state index >= 15 is 0 Å². The summed E-state index contributed by atoms with van der Waals surface area (Å²) >= 11 is 0. The van der Waals surface area contributed by atoms with Crippen LogP contribution in [0.5, 0.6) is 0 Å². The first-order chi connectivity index (χ1) is 15.0. The van der Waals surface area contributed by atoms with Gasteiger partial charge in [0.15, 0.2) is 11.6 Å². The predicted molar refractivity (Wildman–Crippen MR) is 118 cm³/mol. The summed E-state index contributed by atoms with van der Waals surface area (Å²) in [4.78, 5) is 3.58. The van der Waals surface area contributed by atoms with Gasteiger partial charge in [-0.2, -0.15) is 0 Å². The molecule has 176 valence electrons. The van der Waals surface area contributed by atoms with Gasteiger partial charge in [0.25, 0.3) is 0 Å². The third-order valence-electron chi connectivity index (χ3n) is 5.55. The quantitative estimate of drug-likeness (QED) is 0.469. The second kappa shape index (κ2) is 9.76. The zero-order valence-electron chi connectivity index (χ0n) is 18.8. The summed E-state index contributed by atoms with van der Waals surface area (Å²) in [6, 6.07) is 6.68. The molecule has 0 bridgehead atoms. The molecule has 0 spiro atoms. The van der Waals surface area contributed by atoms with Gasteiger partial charge in [0.1, 0.15) is 17.6 Å². The molecule has 4 N–H and O–H groups in total. The monoisotopic (exact) mass is 452 g/mol. The Morgan fingerprint density at radius 1 is 1.12 bits per heavy atom. The van der Waals surface area contributed by atoms with E-state index in [1.807, 2.05) is 25.9 Å². The molecule has 1 aliphatic rings. The van der Waals surface area contributed by atoms with Crippen LogP contribution in [-0.4, -0.2) is 71.9 Å². The van der Waals surface area contributed by atoms with Crippen molar-refractivity contribution < 1.29 is 23.4 Å². The van der Waals surface area contributed by atoms with E-state index in [9.17, 15) is 23.4 Å². The summed E-state index contributed by atoms with van der Waals surface area (Å²) in [7, 11) is 3.93. The number of aryl methyl sites for hydroxylation is 1. The number of likely N-dealkylation sites (N-methyl/N-ethyl adjacent to an activating group) is 1. The number of anilines is 2. The first-order valence-corrected chi connectivity index (χ1v) is 10.5. The molecule has 1 heterocycles. The number of hydrogen-bond donors (Lipinski definition) is 4. The van der Waals surface area contributed by atoms with Crippen LogP contribution in [0.3, 0.4) is 0 Å². The lowest BCUT2D eigenvalue weighted by molar-refractivity contribution is -0.160. The van der Waals surface area contributed by atoms with Crippen molar-refractivity contribution in [3.05, 3.63) is 58.9 Å². The van der Waals surface area contributed by atoms with Crippen LogP contribution in [0.15, 0.2) is 30.3 Å². The van der Waals surface area contributed by atoms with Crippen LogP contribution in [0, 0.1) is 24.4 Å². The Morgan fingerprint density at radius 3 is 2.44 bits per heavy atom. The number of nitrogens with zero attached hydrogens (tertiary/aromatic N) is 2. The number of likely N-dealkylation sites (tertiary alicyclic amines) is 1. The molecular formula is C23H31F3N4O2. The molecule has 0 aliphatic carbocycles. The Kier molecular flexibility index (Phi) is 7.46. The maximum absolute atomic E-state index is 14.6. The maximum atomic E-state index is 14.6. The molecule has 2 unspecified atom stereocenters. The van der Waals surface area contributed by atoms with E-state index in [0.29, 0.717) is 12.1 Å². The fourth-order valence-electron chi connectivity index (χ4n) is 3.93. The number of benzene rings is 2. The van der Waals surface area contributed by atoms with E-state index in [-0.39, 0.29) is 36.1 Å². The molecule has 0 aromatic heterocycles. The maximum Gasteiger partial charge on any atom is 0.182 e. The van der Waals surface area contributed by atoms with Crippen molar-refractivity contribution >= 4 is 11.4 Å². The minimum Gasteiger partial charge on any atom is -0.386 e. The molecule has 0 saturated carbocycles. The van der Waals surface area contributed by atoms with E-state index in [2.05, 4.69) is 10.6 Å². The fraction of sp³-hybridized carbons (Fsp3) is 0.478. The molecule has 0 amide bonds. The Bertz CT molecular complexity index is 951. The van der Waals surface area contributed by atoms with Crippen molar-refractivity contribution in [1.29, 1.82) is 0 Å². The van der Waals surface area contributed by atoms with Gasteiger partial charge in [-0.15, -0.1) is 0 Å². The number of rotatable bonds is 9. The summed E-state index contributed by atoms with van der Waals surface area (Å²) in [5, 5.41) is 27.4.